The molecule has 3 heterocycles. The van der Waals surface area contributed by atoms with Gasteiger partial charge < -0.3 is 5.32 Å². The zero-order valence-corrected chi connectivity index (χ0v) is 16.2. The normalized spacial score (nSPS) is 17.2. The van der Waals surface area contributed by atoms with E-state index in [4.69, 9.17) is 0 Å². The van der Waals surface area contributed by atoms with Gasteiger partial charge in [-0.3, -0.25) is 19.4 Å². The lowest BCUT2D eigenvalue weighted by molar-refractivity contribution is -0.121. The predicted molar refractivity (Wildman–Crippen MR) is 109 cm³/mol. The fourth-order valence-electron chi connectivity index (χ4n) is 3.71. The monoisotopic (exact) mass is 393 g/mol. The van der Waals surface area contributed by atoms with Crippen molar-refractivity contribution >= 4 is 11.7 Å². The molecule has 1 aliphatic rings. The van der Waals surface area contributed by atoms with E-state index < -0.39 is 0 Å². The number of piperidine rings is 1. The molecule has 1 aliphatic heterocycles. The maximum atomic E-state index is 13.4. The highest BCUT2D eigenvalue weighted by atomic mass is 19.1. The molecular weight excluding hydrogens is 369 g/mol. The van der Waals surface area contributed by atoms with E-state index in [2.05, 4.69) is 20.3 Å². The van der Waals surface area contributed by atoms with Crippen molar-refractivity contribution in [3.63, 3.8) is 0 Å². The van der Waals surface area contributed by atoms with Crippen LogP contribution in [0.1, 0.15) is 24.1 Å². The third kappa shape index (κ3) is 5.26. The zero-order chi connectivity index (χ0) is 20.1. The Hall–Kier alpha value is -3.06. The number of halogens is 1. The van der Waals surface area contributed by atoms with Crippen LogP contribution >= 0.6 is 0 Å². The SMILES string of the molecule is O=C(Nc1ccn(Cc2ccccn2)n1)C1CCCN(Cc2cccc(F)c2)C1. The second kappa shape index (κ2) is 8.96. The van der Waals surface area contributed by atoms with Gasteiger partial charge in [0.2, 0.25) is 5.91 Å². The van der Waals surface area contributed by atoms with Crippen molar-refractivity contribution in [3.8, 4) is 0 Å². The smallest absolute Gasteiger partial charge is 0.229 e. The topological polar surface area (TPSA) is 63.1 Å². The Morgan fingerprint density at radius 3 is 2.93 bits per heavy atom. The molecule has 150 valence electrons. The van der Waals surface area contributed by atoms with Gasteiger partial charge in [0, 0.05) is 31.5 Å². The predicted octanol–water partition coefficient (Wildman–Crippen LogP) is 3.32. The van der Waals surface area contributed by atoms with Gasteiger partial charge >= 0.3 is 0 Å². The number of carbonyl (C=O) groups is 1. The molecule has 0 saturated carbocycles. The molecule has 2 aromatic heterocycles. The number of carbonyl (C=O) groups excluding carboxylic acids is 1. The summed E-state index contributed by atoms with van der Waals surface area (Å²) < 4.78 is 15.2. The molecule has 7 heteroatoms. The van der Waals surface area contributed by atoms with Gasteiger partial charge in [0.05, 0.1) is 18.2 Å². The number of likely N-dealkylation sites (tertiary alicyclic amines) is 1. The van der Waals surface area contributed by atoms with E-state index >= 15 is 0 Å². The molecule has 3 aromatic rings. The summed E-state index contributed by atoms with van der Waals surface area (Å²) in [6.45, 7) is 2.79. The van der Waals surface area contributed by atoms with Crippen molar-refractivity contribution in [1.82, 2.24) is 19.7 Å². The summed E-state index contributed by atoms with van der Waals surface area (Å²) in [5, 5.41) is 7.36. The average Bonchev–Trinajstić information content (AvgIpc) is 3.15. The fourth-order valence-corrected chi connectivity index (χ4v) is 3.71. The molecule has 1 unspecified atom stereocenters. The highest BCUT2D eigenvalue weighted by molar-refractivity contribution is 5.91. The first-order valence-corrected chi connectivity index (χ1v) is 9.87. The van der Waals surface area contributed by atoms with E-state index in [0.29, 0.717) is 25.5 Å². The molecule has 1 fully saturated rings. The Kier molecular flexibility index (Phi) is 5.95. The van der Waals surface area contributed by atoms with E-state index in [0.717, 1.165) is 30.6 Å². The van der Waals surface area contributed by atoms with Gasteiger partial charge in [0.15, 0.2) is 5.82 Å². The summed E-state index contributed by atoms with van der Waals surface area (Å²) in [5.41, 5.74) is 1.84. The molecule has 1 aromatic carbocycles. The van der Waals surface area contributed by atoms with Gasteiger partial charge in [0.25, 0.3) is 0 Å². The summed E-state index contributed by atoms with van der Waals surface area (Å²) in [7, 11) is 0. The lowest BCUT2D eigenvalue weighted by atomic mass is 9.96. The molecule has 0 radical (unpaired) electrons. The Morgan fingerprint density at radius 1 is 1.17 bits per heavy atom. The lowest BCUT2D eigenvalue weighted by Gasteiger charge is -2.31. The van der Waals surface area contributed by atoms with Crippen LogP contribution in [0.2, 0.25) is 0 Å². The second-order valence-electron chi connectivity index (χ2n) is 7.41. The number of pyridine rings is 1. The van der Waals surface area contributed by atoms with Crippen LogP contribution in [0.5, 0.6) is 0 Å². The molecule has 1 saturated heterocycles. The highest BCUT2D eigenvalue weighted by Crippen LogP contribution is 2.20. The van der Waals surface area contributed by atoms with Crippen LogP contribution in [0.4, 0.5) is 10.2 Å². The Bertz CT molecular complexity index is 959. The molecule has 29 heavy (non-hydrogen) atoms. The van der Waals surface area contributed by atoms with Crippen molar-refractivity contribution in [1.29, 1.82) is 0 Å². The number of hydrogen-bond acceptors (Lipinski definition) is 4. The number of rotatable bonds is 6. The van der Waals surface area contributed by atoms with Crippen molar-refractivity contribution in [2.75, 3.05) is 18.4 Å². The van der Waals surface area contributed by atoms with Gasteiger partial charge in [0.1, 0.15) is 5.82 Å². The molecule has 1 amide bonds. The molecule has 1 atom stereocenters. The van der Waals surface area contributed by atoms with Crippen LogP contribution in [0.3, 0.4) is 0 Å². The Morgan fingerprint density at radius 2 is 2.10 bits per heavy atom. The van der Waals surface area contributed by atoms with Gasteiger partial charge in [-0.15, -0.1) is 0 Å². The minimum Gasteiger partial charge on any atom is -0.309 e. The number of amides is 1. The third-order valence-corrected chi connectivity index (χ3v) is 5.11. The molecule has 0 bridgehead atoms. The summed E-state index contributed by atoms with van der Waals surface area (Å²) in [6, 6.07) is 14.2. The van der Waals surface area contributed by atoms with Crippen LogP contribution in [0, 0.1) is 11.7 Å². The van der Waals surface area contributed by atoms with E-state index in [-0.39, 0.29) is 17.6 Å². The molecule has 4 rings (SSSR count). The van der Waals surface area contributed by atoms with E-state index in [1.165, 1.54) is 6.07 Å². The van der Waals surface area contributed by atoms with Crippen molar-refractivity contribution < 1.29 is 9.18 Å². The molecular formula is C22H24FN5O. The fraction of sp³-hybridized carbons (Fsp3) is 0.318. The van der Waals surface area contributed by atoms with Crippen LogP contribution < -0.4 is 5.32 Å². The van der Waals surface area contributed by atoms with Crippen molar-refractivity contribution in [2.24, 2.45) is 5.92 Å². The lowest BCUT2D eigenvalue weighted by Crippen LogP contribution is -2.40. The van der Waals surface area contributed by atoms with E-state index in [9.17, 15) is 9.18 Å². The number of nitrogens with one attached hydrogen (secondary N) is 1. The Labute approximate surface area is 169 Å². The first-order chi connectivity index (χ1) is 14.2. The Balaban J connectivity index is 1.32. The summed E-state index contributed by atoms with van der Waals surface area (Å²) >= 11 is 0. The van der Waals surface area contributed by atoms with Crippen LogP contribution in [0.15, 0.2) is 60.9 Å². The quantitative estimate of drug-likeness (QED) is 0.698. The van der Waals surface area contributed by atoms with E-state index in [1.54, 1.807) is 29.1 Å². The third-order valence-electron chi connectivity index (χ3n) is 5.11. The van der Waals surface area contributed by atoms with Crippen molar-refractivity contribution in [3.05, 3.63) is 78.0 Å². The number of benzene rings is 1. The second-order valence-corrected chi connectivity index (χ2v) is 7.41. The molecule has 1 N–H and O–H groups in total. The highest BCUT2D eigenvalue weighted by Gasteiger charge is 2.26. The first-order valence-electron chi connectivity index (χ1n) is 9.87. The number of anilines is 1. The van der Waals surface area contributed by atoms with Crippen LogP contribution in [-0.2, 0) is 17.9 Å². The van der Waals surface area contributed by atoms with Gasteiger partial charge in [-0.05, 0) is 49.2 Å². The summed E-state index contributed by atoms with van der Waals surface area (Å²) in [5.74, 6) is 0.207. The van der Waals surface area contributed by atoms with E-state index in [1.807, 2.05) is 30.5 Å². The summed E-state index contributed by atoms with van der Waals surface area (Å²) in [4.78, 5) is 19.2. The molecule has 6 nitrogen and oxygen atoms in total. The molecule has 0 aliphatic carbocycles. The zero-order valence-electron chi connectivity index (χ0n) is 16.2. The first kappa shape index (κ1) is 19.3. The maximum absolute atomic E-state index is 13.4. The summed E-state index contributed by atoms with van der Waals surface area (Å²) in [6.07, 6.45) is 5.38. The number of nitrogens with zero attached hydrogens (tertiary/aromatic N) is 4. The van der Waals surface area contributed by atoms with Crippen LogP contribution in [0.25, 0.3) is 0 Å². The maximum Gasteiger partial charge on any atom is 0.229 e. The average molecular weight is 393 g/mol. The minimum atomic E-state index is -0.227. The number of aromatic nitrogens is 3. The molecule has 0 spiro atoms. The largest absolute Gasteiger partial charge is 0.309 e. The van der Waals surface area contributed by atoms with Gasteiger partial charge in [-0.2, -0.15) is 5.10 Å². The van der Waals surface area contributed by atoms with Gasteiger partial charge in [-0.1, -0.05) is 18.2 Å². The minimum absolute atomic E-state index is 0.0166. The number of hydrogen-bond donors (Lipinski definition) is 1. The van der Waals surface area contributed by atoms with Gasteiger partial charge in [-0.25, -0.2) is 4.39 Å². The van der Waals surface area contributed by atoms with Crippen molar-refractivity contribution in [2.45, 2.75) is 25.9 Å². The van der Waals surface area contributed by atoms with Crippen LogP contribution in [-0.4, -0.2) is 38.7 Å². The standard InChI is InChI=1S/C22H24FN5O/c23-19-7-3-5-17(13-19)14-27-11-4-6-18(15-27)22(29)25-21-9-12-28(26-21)16-20-8-1-2-10-24-20/h1-3,5,7-10,12-13,18H,4,6,11,14-16H2,(H,25,26,29).